The van der Waals surface area contributed by atoms with E-state index in [9.17, 15) is 9.59 Å². The van der Waals surface area contributed by atoms with Gasteiger partial charge in [0.15, 0.2) is 0 Å². The van der Waals surface area contributed by atoms with Crippen LogP contribution in [0.25, 0.3) is 0 Å². The van der Waals surface area contributed by atoms with Gasteiger partial charge in [0, 0.05) is 36.2 Å². The van der Waals surface area contributed by atoms with Crippen molar-refractivity contribution in [3.8, 4) is 0 Å². The van der Waals surface area contributed by atoms with Gasteiger partial charge in [-0.25, -0.2) is 9.78 Å². The van der Waals surface area contributed by atoms with Crippen LogP contribution < -0.4 is 4.90 Å². The number of aromatic carboxylic acids is 1. The Bertz CT molecular complexity index is 739. The number of pyridine rings is 1. The highest BCUT2D eigenvalue weighted by atomic mass is 79.9. The van der Waals surface area contributed by atoms with Crippen LogP contribution >= 0.6 is 15.9 Å². The fourth-order valence-corrected chi connectivity index (χ4v) is 2.91. The van der Waals surface area contributed by atoms with Gasteiger partial charge in [-0.3, -0.25) is 4.79 Å². The quantitative estimate of drug-likeness (QED) is 0.872. The van der Waals surface area contributed by atoms with Gasteiger partial charge in [-0.1, -0.05) is 15.9 Å². The third-order valence-corrected chi connectivity index (χ3v) is 4.52. The van der Waals surface area contributed by atoms with Gasteiger partial charge < -0.3 is 14.9 Å². The van der Waals surface area contributed by atoms with E-state index >= 15 is 0 Å². The number of carboxylic acids is 1. The van der Waals surface area contributed by atoms with E-state index in [2.05, 4.69) is 25.8 Å². The minimum absolute atomic E-state index is 0.0292. The number of carboxylic acid groups (broad SMARTS) is 1. The van der Waals surface area contributed by atoms with Crippen molar-refractivity contribution in [2.24, 2.45) is 0 Å². The first-order valence-electron chi connectivity index (χ1n) is 7.54. The number of rotatable bonds is 3. The largest absolute Gasteiger partial charge is 0.477 e. The minimum atomic E-state index is -1.04. The van der Waals surface area contributed by atoms with E-state index in [-0.39, 0.29) is 11.6 Å². The molecule has 0 saturated carbocycles. The Morgan fingerprint density at radius 2 is 1.67 bits per heavy atom. The van der Waals surface area contributed by atoms with Gasteiger partial charge in [0.05, 0.1) is 11.9 Å². The lowest BCUT2D eigenvalue weighted by Crippen LogP contribution is -2.48. The van der Waals surface area contributed by atoms with Crippen LogP contribution in [0.3, 0.4) is 0 Å². The SMILES string of the molecule is O=C(O)c1ccc(N2CCN(C(=O)c3ccc(Br)cc3)CC2)cn1. The van der Waals surface area contributed by atoms with Crippen molar-refractivity contribution in [2.45, 2.75) is 0 Å². The fraction of sp³-hybridized carbons (Fsp3) is 0.235. The molecule has 1 amide bonds. The van der Waals surface area contributed by atoms with Crippen molar-refractivity contribution < 1.29 is 14.7 Å². The number of nitrogens with zero attached hydrogens (tertiary/aromatic N) is 3. The average Bonchev–Trinajstić information content (AvgIpc) is 2.62. The standard InChI is InChI=1S/C17H16BrN3O3/c18-13-3-1-12(2-4-13)16(22)21-9-7-20(8-10-21)14-5-6-15(17(23)24)19-11-14/h1-6,11H,7-10H2,(H,23,24). The van der Waals surface area contributed by atoms with E-state index in [0.717, 1.165) is 10.2 Å². The first-order chi connectivity index (χ1) is 11.5. The van der Waals surface area contributed by atoms with Crippen molar-refractivity contribution in [2.75, 3.05) is 31.1 Å². The number of piperazine rings is 1. The van der Waals surface area contributed by atoms with Crippen LogP contribution in [-0.2, 0) is 0 Å². The van der Waals surface area contributed by atoms with Crippen molar-refractivity contribution in [1.29, 1.82) is 0 Å². The van der Waals surface area contributed by atoms with E-state index in [4.69, 9.17) is 5.11 Å². The molecule has 1 aliphatic rings. The van der Waals surface area contributed by atoms with Gasteiger partial charge in [-0.05, 0) is 36.4 Å². The van der Waals surface area contributed by atoms with Crippen molar-refractivity contribution >= 4 is 33.5 Å². The molecular formula is C17H16BrN3O3. The Hall–Kier alpha value is -2.41. The monoisotopic (exact) mass is 389 g/mol. The van der Waals surface area contributed by atoms with Crippen LogP contribution in [-0.4, -0.2) is 53.0 Å². The highest BCUT2D eigenvalue weighted by Crippen LogP contribution is 2.18. The van der Waals surface area contributed by atoms with Crippen molar-refractivity contribution in [3.63, 3.8) is 0 Å². The lowest BCUT2D eigenvalue weighted by atomic mass is 10.2. The van der Waals surface area contributed by atoms with E-state index in [0.29, 0.717) is 31.7 Å². The van der Waals surface area contributed by atoms with Crippen molar-refractivity contribution in [3.05, 3.63) is 58.3 Å². The second kappa shape index (κ2) is 7.00. The maximum atomic E-state index is 12.5. The van der Waals surface area contributed by atoms with E-state index < -0.39 is 5.97 Å². The smallest absolute Gasteiger partial charge is 0.354 e. The first-order valence-corrected chi connectivity index (χ1v) is 8.33. The summed E-state index contributed by atoms with van der Waals surface area (Å²) in [5, 5.41) is 8.88. The molecule has 124 valence electrons. The van der Waals surface area contributed by atoms with Crippen LogP contribution in [0.2, 0.25) is 0 Å². The summed E-state index contributed by atoms with van der Waals surface area (Å²) in [5.74, 6) is -1.01. The van der Waals surface area contributed by atoms with Crippen LogP contribution in [0.5, 0.6) is 0 Å². The number of halogens is 1. The van der Waals surface area contributed by atoms with Crippen molar-refractivity contribution in [1.82, 2.24) is 9.88 Å². The summed E-state index contributed by atoms with van der Waals surface area (Å²) in [5.41, 5.74) is 1.58. The number of amides is 1. The Balaban J connectivity index is 1.62. The molecule has 0 bridgehead atoms. The van der Waals surface area contributed by atoms with Crippen LogP contribution in [0.15, 0.2) is 47.1 Å². The maximum Gasteiger partial charge on any atom is 0.354 e. The van der Waals surface area contributed by atoms with Gasteiger partial charge >= 0.3 is 5.97 Å². The molecule has 1 fully saturated rings. The molecule has 0 unspecified atom stereocenters. The second-order valence-electron chi connectivity index (χ2n) is 5.49. The summed E-state index contributed by atoms with van der Waals surface area (Å²) in [6.07, 6.45) is 1.57. The molecule has 1 aliphatic heterocycles. The highest BCUT2D eigenvalue weighted by Gasteiger charge is 2.22. The molecule has 6 nitrogen and oxygen atoms in total. The second-order valence-corrected chi connectivity index (χ2v) is 6.41. The zero-order valence-electron chi connectivity index (χ0n) is 12.9. The molecule has 2 heterocycles. The van der Waals surface area contributed by atoms with Crippen LogP contribution in [0.1, 0.15) is 20.8 Å². The van der Waals surface area contributed by atoms with Gasteiger partial charge in [0.1, 0.15) is 5.69 Å². The molecule has 24 heavy (non-hydrogen) atoms. The highest BCUT2D eigenvalue weighted by molar-refractivity contribution is 9.10. The predicted molar refractivity (Wildman–Crippen MR) is 93.5 cm³/mol. The average molecular weight is 390 g/mol. The van der Waals surface area contributed by atoms with E-state index in [1.165, 1.54) is 6.07 Å². The van der Waals surface area contributed by atoms with Gasteiger partial charge in [0.25, 0.3) is 5.91 Å². The number of hydrogen-bond donors (Lipinski definition) is 1. The molecule has 1 aromatic heterocycles. The lowest BCUT2D eigenvalue weighted by molar-refractivity contribution is 0.0688. The third-order valence-electron chi connectivity index (χ3n) is 3.99. The Morgan fingerprint density at radius 1 is 1.00 bits per heavy atom. The Morgan fingerprint density at radius 3 is 2.21 bits per heavy atom. The summed E-state index contributed by atoms with van der Waals surface area (Å²) in [4.78, 5) is 31.2. The molecule has 0 aliphatic carbocycles. The Kier molecular flexibility index (Phi) is 4.80. The number of hydrogen-bond acceptors (Lipinski definition) is 4. The predicted octanol–water partition coefficient (Wildman–Crippen LogP) is 2.50. The summed E-state index contributed by atoms with van der Waals surface area (Å²) in [6, 6.07) is 10.6. The third kappa shape index (κ3) is 3.56. The zero-order chi connectivity index (χ0) is 17.1. The maximum absolute atomic E-state index is 12.5. The summed E-state index contributed by atoms with van der Waals surface area (Å²) < 4.78 is 0.946. The lowest BCUT2D eigenvalue weighted by Gasteiger charge is -2.36. The number of carbonyl (C=O) groups is 2. The minimum Gasteiger partial charge on any atom is -0.477 e. The molecule has 1 N–H and O–H groups in total. The molecule has 1 aromatic carbocycles. The molecule has 7 heteroatoms. The van der Waals surface area contributed by atoms with Gasteiger partial charge in [-0.15, -0.1) is 0 Å². The molecule has 3 rings (SSSR count). The molecule has 2 aromatic rings. The summed E-state index contributed by atoms with van der Waals surface area (Å²) in [7, 11) is 0. The van der Waals surface area contributed by atoms with Gasteiger partial charge in [-0.2, -0.15) is 0 Å². The topological polar surface area (TPSA) is 73.7 Å². The van der Waals surface area contributed by atoms with E-state index in [1.807, 2.05) is 29.2 Å². The number of benzene rings is 1. The normalized spacial score (nSPS) is 14.5. The first kappa shape index (κ1) is 16.4. The zero-order valence-corrected chi connectivity index (χ0v) is 14.4. The summed E-state index contributed by atoms with van der Waals surface area (Å²) in [6.45, 7) is 2.62. The molecule has 1 saturated heterocycles. The number of aromatic nitrogens is 1. The van der Waals surface area contributed by atoms with Crippen LogP contribution in [0, 0.1) is 0 Å². The molecular weight excluding hydrogens is 374 g/mol. The molecule has 0 spiro atoms. The van der Waals surface area contributed by atoms with Gasteiger partial charge in [0.2, 0.25) is 0 Å². The number of carbonyl (C=O) groups excluding carboxylic acids is 1. The molecule has 0 atom stereocenters. The molecule has 0 radical (unpaired) electrons. The number of anilines is 1. The van der Waals surface area contributed by atoms with Crippen LogP contribution in [0.4, 0.5) is 5.69 Å². The summed E-state index contributed by atoms with van der Waals surface area (Å²) >= 11 is 3.36. The van der Waals surface area contributed by atoms with E-state index in [1.54, 1.807) is 12.3 Å². The Labute approximate surface area is 147 Å². The fourth-order valence-electron chi connectivity index (χ4n) is 2.64.